The second-order valence-corrected chi connectivity index (χ2v) is 5.80. The Labute approximate surface area is 159 Å². The molecule has 5 heteroatoms. The van der Waals surface area contributed by atoms with Crippen LogP contribution in [0.3, 0.4) is 0 Å². The van der Waals surface area contributed by atoms with Gasteiger partial charge in [-0.2, -0.15) is 0 Å². The maximum atomic E-state index is 12.9. The summed E-state index contributed by atoms with van der Waals surface area (Å²) in [6.45, 7) is 4.29. The Morgan fingerprint density at radius 2 is 1.88 bits per heavy atom. The fourth-order valence-electron chi connectivity index (χ4n) is 2.87. The average Bonchev–Trinajstić information content (AvgIpc) is 2.55. The van der Waals surface area contributed by atoms with Gasteiger partial charge in [-0.25, -0.2) is 9.38 Å². The molecule has 2 N–H and O–H groups in total. The van der Waals surface area contributed by atoms with Crippen molar-refractivity contribution in [2.24, 2.45) is 4.99 Å². The Hall–Kier alpha value is -1.63. The largest absolute Gasteiger partial charge is 0.357 e. The first-order chi connectivity index (χ1) is 11.3. The molecule has 0 radical (unpaired) electrons. The van der Waals surface area contributed by atoms with E-state index in [0.29, 0.717) is 12.5 Å². The number of hydrogen-bond acceptors (Lipinski definition) is 1. The van der Waals surface area contributed by atoms with Gasteiger partial charge in [-0.15, -0.1) is 24.0 Å². The van der Waals surface area contributed by atoms with Crippen LogP contribution in [0.5, 0.6) is 0 Å². The van der Waals surface area contributed by atoms with Gasteiger partial charge in [0.2, 0.25) is 0 Å². The van der Waals surface area contributed by atoms with E-state index >= 15 is 0 Å². The molecule has 2 aromatic carbocycles. The Morgan fingerprint density at radius 1 is 1.12 bits per heavy atom. The van der Waals surface area contributed by atoms with E-state index in [0.717, 1.165) is 31.0 Å². The van der Waals surface area contributed by atoms with E-state index in [1.807, 2.05) is 6.92 Å². The number of aliphatic imine (C=N–C) groups is 1. The van der Waals surface area contributed by atoms with E-state index < -0.39 is 0 Å². The molecular weight excluding hydrogens is 416 g/mol. The number of halogens is 2. The number of hydrogen-bond donors (Lipinski definition) is 2. The maximum absolute atomic E-state index is 12.9. The SMILES string of the molecule is CCNC(=NCc1ccc(F)cc1)NCC1Cc2ccccc21.I. The highest BCUT2D eigenvalue weighted by Gasteiger charge is 2.25. The van der Waals surface area contributed by atoms with Gasteiger partial charge in [-0.05, 0) is 42.2 Å². The molecule has 0 aromatic heterocycles. The number of nitrogens with one attached hydrogen (secondary N) is 2. The van der Waals surface area contributed by atoms with Crippen LogP contribution < -0.4 is 10.6 Å². The maximum Gasteiger partial charge on any atom is 0.191 e. The molecule has 1 aliphatic carbocycles. The summed E-state index contributed by atoms with van der Waals surface area (Å²) in [6.07, 6.45) is 1.13. The lowest BCUT2D eigenvalue weighted by atomic mass is 9.78. The summed E-state index contributed by atoms with van der Waals surface area (Å²) >= 11 is 0. The van der Waals surface area contributed by atoms with Crippen LogP contribution in [0.2, 0.25) is 0 Å². The van der Waals surface area contributed by atoms with Crippen molar-refractivity contribution >= 4 is 29.9 Å². The smallest absolute Gasteiger partial charge is 0.191 e. The summed E-state index contributed by atoms with van der Waals surface area (Å²) in [6, 6.07) is 15.1. The highest BCUT2D eigenvalue weighted by atomic mass is 127. The Bertz CT molecular complexity index is 685. The first kappa shape index (κ1) is 18.7. The molecule has 0 spiro atoms. The first-order valence-electron chi connectivity index (χ1n) is 8.10. The van der Waals surface area contributed by atoms with Gasteiger partial charge in [0.05, 0.1) is 6.54 Å². The number of rotatable bonds is 5. The molecule has 24 heavy (non-hydrogen) atoms. The summed E-state index contributed by atoms with van der Waals surface area (Å²) in [4.78, 5) is 4.57. The zero-order chi connectivity index (χ0) is 16.1. The van der Waals surface area contributed by atoms with Crippen LogP contribution in [0.15, 0.2) is 53.5 Å². The van der Waals surface area contributed by atoms with Crippen molar-refractivity contribution in [3.05, 3.63) is 71.0 Å². The van der Waals surface area contributed by atoms with Gasteiger partial charge in [0.15, 0.2) is 5.96 Å². The van der Waals surface area contributed by atoms with Crippen molar-refractivity contribution in [1.82, 2.24) is 10.6 Å². The van der Waals surface area contributed by atoms with Crippen LogP contribution in [0, 0.1) is 5.82 Å². The molecule has 0 saturated carbocycles. The Kier molecular flexibility index (Phi) is 7.02. The van der Waals surface area contributed by atoms with Crippen LogP contribution in [0.25, 0.3) is 0 Å². The van der Waals surface area contributed by atoms with Crippen LogP contribution >= 0.6 is 24.0 Å². The van der Waals surface area contributed by atoms with Crippen molar-refractivity contribution in [2.45, 2.75) is 25.8 Å². The summed E-state index contributed by atoms with van der Waals surface area (Å²) in [7, 11) is 0. The van der Waals surface area contributed by atoms with E-state index in [1.165, 1.54) is 23.3 Å². The summed E-state index contributed by atoms with van der Waals surface area (Å²) in [5.74, 6) is 1.15. The fraction of sp³-hybridized carbons (Fsp3) is 0.316. The van der Waals surface area contributed by atoms with Gasteiger partial charge < -0.3 is 10.6 Å². The highest BCUT2D eigenvalue weighted by molar-refractivity contribution is 14.0. The predicted octanol–water partition coefficient (Wildman–Crippen LogP) is 3.84. The molecule has 0 fully saturated rings. The lowest BCUT2D eigenvalue weighted by Crippen LogP contribution is -2.41. The van der Waals surface area contributed by atoms with E-state index in [-0.39, 0.29) is 29.8 Å². The average molecular weight is 439 g/mol. The van der Waals surface area contributed by atoms with E-state index in [2.05, 4.69) is 39.9 Å². The molecule has 0 aliphatic heterocycles. The van der Waals surface area contributed by atoms with Gasteiger partial charge in [-0.3, -0.25) is 0 Å². The molecule has 2 aromatic rings. The molecule has 1 aliphatic rings. The third-order valence-corrected chi connectivity index (χ3v) is 4.15. The minimum absolute atomic E-state index is 0. The second kappa shape index (κ2) is 9.01. The molecular formula is C19H23FIN3. The number of guanidine groups is 1. The van der Waals surface area contributed by atoms with Crippen molar-refractivity contribution in [2.75, 3.05) is 13.1 Å². The van der Waals surface area contributed by atoms with Crippen molar-refractivity contribution in [3.63, 3.8) is 0 Å². The quantitative estimate of drug-likeness (QED) is 0.422. The molecule has 3 rings (SSSR count). The fourth-order valence-corrected chi connectivity index (χ4v) is 2.87. The standard InChI is InChI=1S/C19H22FN3.HI/c1-2-21-19(22-12-14-7-9-17(20)10-8-14)23-13-16-11-15-5-3-4-6-18(15)16;/h3-10,16H,2,11-13H2,1H3,(H2,21,22,23);1H. The van der Waals surface area contributed by atoms with Gasteiger partial charge in [-0.1, -0.05) is 36.4 Å². The first-order valence-corrected chi connectivity index (χ1v) is 8.10. The summed E-state index contributed by atoms with van der Waals surface area (Å²) < 4.78 is 12.9. The number of benzene rings is 2. The third-order valence-electron chi connectivity index (χ3n) is 4.15. The monoisotopic (exact) mass is 439 g/mol. The van der Waals surface area contributed by atoms with Gasteiger partial charge in [0.1, 0.15) is 5.82 Å². The molecule has 128 valence electrons. The molecule has 0 heterocycles. The zero-order valence-electron chi connectivity index (χ0n) is 13.8. The molecule has 1 atom stereocenters. The van der Waals surface area contributed by atoms with Crippen molar-refractivity contribution < 1.29 is 4.39 Å². The van der Waals surface area contributed by atoms with Crippen LogP contribution in [0.4, 0.5) is 4.39 Å². The zero-order valence-corrected chi connectivity index (χ0v) is 16.1. The van der Waals surface area contributed by atoms with Crippen LogP contribution in [0.1, 0.15) is 29.5 Å². The predicted molar refractivity (Wildman–Crippen MR) is 108 cm³/mol. The van der Waals surface area contributed by atoms with Crippen LogP contribution in [-0.4, -0.2) is 19.0 Å². The molecule has 0 amide bonds. The Balaban J connectivity index is 0.00000208. The minimum Gasteiger partial charge on any atom is -0.357 e. The lowest BCUT2D eigenvalue weighted by Gasteiger charge is -2.30. The molecule has 1 unspecified atom stereocenters. The highest BCUT2D eigenvalue weighted by Crippen LogP contribution is 2.33. The van der Waals surface area contributed by atoms with Crippen molar-refractivity contribution in [1.29, 1.82) is 0 Å². The van der Waals surface area contributed by atoms with E-state index in [9.17, 15) is 4.39 Å². The molecule has 3 nitrogen and oxygen atoms in total. The van der Waals surface area contributed by atoms with E-state index in [4.69, 9.17) is 0 Å². The summed E-state index contributed by atoms with van der Waals surface area (Å²) in [5.41, 5.74) is 3.89. The topological polar surface area (TPSA) is 36.4 Å². The number of fused-ring (bicyclic) bond motifs is 1. The van der Waals surface area contributed by atoms with Gasteiger partial charge in [0, 0.05) is 19.0 Å². The molecule has 0 saturated heterocycles. The number of nitrogens with zero attached hydrogens (tertiary/aromatic N) is 1. The third kappa shape index (κ3) is 4.69. The molecule has 0 bridgehead atoms. The van der Waals surface area contributed by atoms with Crippen LogP contribution in [-0.2, 0) is 13.0 Å². The lowest BCUT2D eigenvalue weighted by molar-refractivity contribution is 0.584. The van der Waals surface area contributed by atoms with Gasteiger partial charge in [0.25, 0.3) is 0 Å². The second-order valence-electron chi connectivity index (χ2n) is 5.80. The minimum atomic E-state index is -0.216. The normalized spacial score (nSPS) is 15.8. The van der Waals surface area contributed by atoms with E-state index in [1.54, 1.807) is 12.1 Å². The Morgan fingerprint density at radius 3 is 2.58 bits per heavy atom. The summed E-state index contributed by atoms with van der Waals surface area (Å²) in [5, 5.41) is 6.67. The van der Waals surface area contributed by atoms with Crippen molar-refractivity contribution in [3.8, 4) is 0 Å². The van der Waals surface area contributed by atoms with Gasteiger partial charge >= 0.3 is 0 Å².